The van der Waals surface area contributed by atoms with E-state index in [4.69, 9.17) is 5.73 Å². The Morgan fingerprint density at radius 1 is 1.65 bits per heavy atom. The minimum Gasteiger partial charge on any atom is -0.382 e. The molecule has 1 amide bonds. The standard InChI is InChI=1S/C11H19N5O/c1-7-9(10(12)15-14-7)11(17)13-5-6-16(2)8-3-4-8/h8H,3-6H2,1-2H3,(H,13,17)(H3,12,14,15). The number of rotatable bonds is 5. The highest BCUT2D eigenvalue weighted by Crippen LogP contribution is 2.24. The number of nitrogens with one attached hydrogen (secondary N) is 2. The average molecular weight is 237 g/mol. The van der Waals surface area contributed by atoms with E-state index in [9.17, 15) is 4.79 Å². The molecule has 2 rings (SSSR count). The van der Waals surface area contributed by atoms with Crippen LogP contribution >= 0.6 is 0 Å². The third kappa shape index (κ3) is 2.76. The maximum Gasteiger partial charge on any atom is 0.256 e. The normalized spacial score (nSPS) is 15.2. The summed E-state index contributed by atoms with van der Waals surface area (Å²) in [6, 6.07) is 0.715. The first kappa shape index (κ1) is 11.9. The Bertz CT molecular complexity index is 390. The number of H-pyrrole nitrogens is 1. The maximum atomic E-state index is 11.8. The quantitative estimate of drug-likeness (QED) is 0.679. The number of hydrogen-bond acceptors (Lipinski definition) is 4. The van der Waals surface area contributed by atoms with Crippen molar-refractivity contribution in [2.45, 2.75) is 25.8 Å². The number of carbonyl (C=O) groups is 1. The second-order valence-corrected chi connectivity index (χ2v) is 4.58. The summed E-state index contributed by atoms with van der Waals surface area (Å²) >= 11 is 0. The molecule has 1 fully saturated rings. The van der Waals surface area contributed by atoms with Gasteiger partial charge >= 0.3 is 0 Å². The van der Waals surface area contributed by atoms with Crippen molar-refractivity contribution in [2.75, 3.05) is 25.9 Å². The van der Waals surface area contributed by atoms with E-state index in [1.807, 2.05) is 0 Å². The highest BCUT2D eigenvalue weighted by atomic mass is 16.1. The monoisotopic (exact) mass is 237 g/mol. The Kier molecular flexibility index (Phi) is 3.33. The minimum atomic E-state index is -0.155. The number of amides is 1. The van der Waals surface area contributed by atoms with Crippen LogP contribution in [0.3, 0.4) is 0 Å². The van der Waals surface area contributed by atoms with Gasteiger partial charge in [0.25, 0.3) is 5.91 Å². The molecule has 4 N–H and O–H groups in total. The van der Waals surface area contributed by atoms with Crippen LogP contribution in [-0.2, 0) is 0 Å². The predicted octanol–water partition coefficient (Wildman–Crippen LogP) is 0.124. The summed E-state index contributed by atoms with van der Waals surface area (Å²) in [6.45, 7) is 3.29. The van der Waals surface area contributed by atoms with Gasteiger partial charge in [-0.1, -0.05) is 0 Å². The topological polar surface area (TPSA) is 87.0 Å². The second kappa shape index (κ2) is 4.75. The third-order valence-corrected chi connectivity index (χ3v) is 3.12. The number of likely N-dealkylation sites (N-methyl/N-ethyl adjacent to an activating group) is 1. The number of aromatic amines is 1. The second-order valence-electron chi connectivity index (χ2n) is 4.58. The van der Waals surface area contributed by atoms with Crippen molar-refractivity contribution in [3.63, 3.8) is 0 Å². The van der Waals surface area contributed by atoms with Crippen LogP contribution in [0.5, 0.6) is 0 Å². The molecule has 1 aliphatic rings. The van der Waals surface area contributed by atoms with Gasteiger partial charge in [-0.2, -0.15) is 5.10 Å². The maximum absolute atomic E-state index is 11.8. The first-order valence-corrected chi connectivity index (χ1v) is 5.88. The van der Waals surface area contributed by atoms with Crippen LogP contribution in [0.4, 0.5) is 5.82 Å². The third-order valence-electron chi connectivity index (χ3n) is 3.12. The summed E-state index contributed by atoms with van der Waals surface area (Å²) in [6.07, 6.45) is 2.55. The molecule has 0 saturated heterocycles. The lowest BCUT2D eigenvalue weighted by Gasteiger charge is -2.15. The van der Waals surface area contributed by atoms with Crippen molar-refractivity contribution in [3.05, 3.63) is 11.3 Å². The van der Waals surface area contributed by atoms with E-state index in [1.54, 1.807) is 6.92 Å². The summed E-state index contributed by atoms with van der Waals surface area (Å²) in [7, 11) is 2.08. The lowest BCUT2D eigenvalue weighted by Crippen LogP contribution is -2.34. The van der Waals surface area contributed by atoms with E-state index in [2.05, 4.69) is 27.5 Å². The van der Waals surface area contributed by atoms with Gasteiger partial charge in [0.2, 0.25) is 0 Å². The van der Waals surface area contributed by atoms with Crippen LogP contribution in [0.25, 0.3) is 0 Å². The first-order valence-electron chi connectivity index (χ1n) is 5.88. The van der Waals surface area contributed by atoms with Gasteiger partial charge in [-0.3, -0.25) is 9.89 Å². The van der Waals surface area contributed by atoms with Gasteiger partial charge in [-0.05, 0) is 26.8 Å². The molecule has 6 nitrogen and oxygen atoms in total. The van der Waals surface area contributed by atoms with Gasteiger partial charge in [0.1, 0.15) is 5.56 Å². The molecular formula is C11H19N5O. The molecule has 6 heteroatoms. The number of carbonyl (C=O) groups excluding carboxylic acids is 1. The highest BCUT2D eigenvalue weighted by Gasteiger charge is 2.25. The molecule has 0 aliphatic heterocycles. The van der Waals surface area contributed by atoms with Gasteiger partial charge < -0.3 is 16.0 Å². The molecule has 0 bridgehead atoms. The molecule has 1 aromatic heterocycles. The molecule has 1 aromatic rings. The van der Waals surface area contributed by atoms with E-state index >= 15 is 0 Å². The lowest BCUT2D eigenvalue weighted by molar-refractivity contribution is 0.0950. The van der Waals surface area contributed by atoms with Crippen LogP contribution in [0.1, 0.15) is 28.9 Å². The van der Waals surface area contributed by atoms with Crippen molar-refractivity contribution in [3.8, 4) is 0 Å². The molecule has 0 radical (unpaired) electrons. The highest BCUT2D eigenvalue weighted by molar-refractivity contribution is 5.99. The van der Waals surface area contributed by atoms with Crippen molar-refractivity contribution in [1.82, 2.24) is 20.4 Å². The Balaban J connectivity index is 1.81. The molecule has 0 spiro atoms. The van der Waals surface area contributed by atoms with Gasteiger partial charge in [-0.15, -0.1) is 0 Å². The van der Waals surface area contributed by atoms with E-state index < -0.39 is 0 Å². The first-order chi connectivity index (χ1) is 8.09. The number of aromatic nitrogens is 2. The van der Waals surface area contributed by atoms with Crippen LogP contribution in [0, 0.1) is 6.92 Å². The number of nitrogens with zero attached hydrogens (tertiary/aromatic N) is 2. The van der Waals surface area contributed by atoms with Crippen molar-refractivity contribution in [2.24, 2.45) is 0 Å². The van der Waals surface area contributed by atoms with E-state index in [1.165, 1.54) is 12.8 Å². The summed E-state index contributed by atoms with van der Waals surface area (Å²) in [5.74, 6) is 0.105. The fourth-order valence-corrected chi connectivity index (χ4v) is 1.87. The van der Waals surface area contributed by atoms with Crippen molar-refractivity contribution < 1.29 is 4.79 Å². The summed E-state index contributed by atoms with van der Waals surface area (Å²) < 4.78 is 0. The number of anilines is 1. The predicted molar refractivity (Wildman–Crippen MR) is 65.7 cm³/mol. The van der Waals surface area contributed by atoms with E-state index in [0.29, 0.717) is 23.8 Å². The Morgan fingerprint density at radius 3 is 2.88 bits per heavy atom. The fraction of sp³-hybridized carbons (Fsp3) is 0.636. The molecule has 94 valence electrons. The average Bonchev–Trinajstić information content (AvgIpc) is 3.06. The van der Waals surface area contributed by atoms with Gasteiger partial charge in [-0.25, -0.2) is 0 Å². The molecular weight excluding hydrogens is 218 g/mol. The molecule has 0 aromatic carbocycles. The van der Waals surface area contributed by atoms with Gasteiger partial charge in [0.05, 0.1) is 0 Å². The smallest absolute Gasteiger partial charge is 0.256 e. The number of hydrogen-bond donors (Lipinski definition) is 3. The largest absolute Gasteiger partial charge is 0.382 e. The summed E-state index contributed by atoms with van der Waals surface area (Å²) in [5.41, 5.74) is 6.78. The van der Waals surface area contributed by atoms with Crippen LogP contribution in [-0.4, -0.2) is 47.2 Å². The number of nitrogen functional groups attached to an aromatic ring is 1. The van der Waals surface area contributed by atoms with Crippen LogP contribution in [0.15, 0.2) is 0 Å². The van der Waals surface area contributed by atoms with Gasteiger partial charge in [0, 0.05) is 24.8 Å². The van der Waals surface area contributed by atoms with E-state index in [0.717, 1.165) is 6.54 Å². The fourth-order valence-electron chi connectivity index (χ4n) is 1.87. The molecule has 0 unspecified atom stereocenters. The Hall–Kier alpha value is -1.56. The summed E-state index contributed by atoms with van der Waals surface area (Å²) in [4.78, 5) is 14.1. The van der Waals surface area contributed by atoms with Gasteiger partial charge in [0.15, 0.2) is 5.82 Å². The zero-order valence-corrected chi connectivity index (χ0v) is 10.3. The summed E-state index contributed by atoms with van der Waals surface area (Å²) in [5, 5.41) is 9.36. The van der Waals surface area contributed by atoms with E-state index in [-0.39, 0.29) is 11.7 Å². The Labute approximate surface area is 101 Å². The number of aryl methyl sites for hydroxylation is 1. The molecule has 1 saturated carbocycles. The zero-order chi connectivity index (χ0) is 12.4. The minimum absolute atomic E-state index is 0.155. The van der Waals surface area contributed by atoms with Crippen LogP contribution < -0.4 is 11.1 Å². The van der Waals surface area contributed by atoms with Crippen molar-refractivity contribution >= 4 is 11.7 Å². The zero-order valence-electron chi connectivity index (χ0n) is 10.3. The molecule has 1 heterocycles. The lowest BCUT2D eigenvalue weighted by atomic mass is 10.2. The Morgan fingerprint density at radius 2 is 2.35 bits per heavy atom. The SMILES string of the molecule is Cc1[nH]nc(N)c1C(=O)NCCN(C)C1CC1. The molecule has 1 aliphatic carbocycles. The molecule has 17 heavy (non-hydrogen) atoms. The van der Waals surface area contributed by atoms with Crippen molar-refractivity contribution in [1.29, 1.82) is 0 Å². The number of nitrogens with two attached hydrogens (primary N) is 1. The molecule has 0 atom stereocenters. The van der Waals surface area contributed by atoms with Crippen LogP contribution in [0.2, 0.25) is 0 Å².